The van der Waals surface area contributed by atoms with Crippen molar-refractivity contribution in [2.45, 2.75) is 6.92 Å². The molecular weight excluding hydrogens is 330 g/mol. The fourth-order valence-corrected chi connectivity index (χ4v) is 3.38. The van der Waals surface area contributed by atoms with Crippen molar-refractivity contribution >= 4 is 23.7 Å². The predicted molar refractivity (Wildman–Crippen MR) is 103 cm³/mol. The molecular formula is C18H25N7O. The monoisotopic (exact) mass is 355 g/mol. The highest BCUT2D eigenvalue weighted by atomic mass is 16.3. The number of nitrogen functional groups attached to an aromatic ring is 1. The number of aryl methyl sites for hydroxylation is 1. The van der Waals surface area contributed by atoms with Crippen molar-refractivity contribution in [2.75, 3.05) is 63.5 Å². The molecule has 1 saturated heterocycles. The molecule has 2 N–H and O–H groups in total. The number of hydrogen-bond donors (Lipinski definition) is 1. The van der Waals surface area contributed by atoms with Crippen LogP contribution < -0.4 is 10.6 Å². The predicted octanol–water partition coefficient (Wildman–Crippen LogP) is 1.40. The van der Waals surface area contributed by atoms with Gasteiger partial charge in [-0.05, 0) is 26.1 Å². The van der Waals surface area contributed by atoms with Crippen molar-refractivity contribution < 1.29 is 4.42 Å². The molecule has 0 spiro atoms. The summed E-state index contributed by atoms with van der Waals surface area (Å²) >= 11 is 0. The van der Waals surface area contributed by atoms with Gasteiger partial charge < -0.3 is 20.0 Å². The zero-order valence-electron chi connectivity index (χ0n) is 15.4. The summed E-state index contributed by atoms with van der Waals surface area (Å²) in [6.45, 7) is 8.97. The molecule has 2 aromatic heterocycles. The van der Waals surface area contributed by atoms with Gasteiger partial charge >= 0.3 is 0 Å². The fourth-order valence-electron chi connectivity index (χ4n) is 3.38. The topological polar surface area (TPSA) is 87.0 Å². The number of rotatable bonds is 4. The van der Waals surface area contributed by atoms with E-state index in [1.807, 2.05) is 25.3 Å². The molecule has 2 aliphatic rings. The van der Waals surface area contributed by atoms with Gasteiger partial charge in [0.05, 0.1) is 6.54 Å². The number of hydrogen-bond acceptors (Lipinski definition) is 8. The van der Waals surface area contributed by atoms with Gasteiger partial charge in [-0.25, -0.2) is 4.98 Å². The summed E-state index contributed by atoms with van der Waals surface area (Å²) in [4.78, 5) is 20.5. The Bertz CT molecular complexity index is 808. The van der Waals surface area contributed by atoms with E-state index in [1.54, 1.807) is 0 Å². The van der Waals surface area contributed by atoms with Crippen LogP contribution in [0.25, 0.3) is 11.5 Å². The standard InChI is InChI=1S/C18H25N7O/c1-13-3-4-14(26-13)15-16-17(22-18(19)21-15)25(6-5-20-16)12-11-24-9-7-23(2)8-10-24/h3-5H,6-12H2,1-2H3,(H2,19,21,22). The van der Waals surface area contributed by atoms with E-state index in [2.05, 4.69) is 36.7 Å². The molecule has 0 aromatic carbocycles. The molecule has 0 atom stereocenters. The van der Waals surface area contributed by atoms with E-state index in [-0.39, 0.29) is 5.95 Å². The van der Waals surface area contributed by atoms with Crippen molar-refractivity contribution in [2.24, 2.45) is 4.99 Å². The van der Waals surface area contributed by atoms with Crippen molar-refractivity contribution in [1.29, 1.82) is 0 Å². The highest BCUT2D eigenvalue weighted by molar-refractivity contribution is 5.87. The molecule has 0 aliphatic carbocycles. The first kappa shape index (κ1) is 17.0. The molecule has 4 rings (SSSR count). The molecule has 0 bridgehead atoms. The lowest BCUT2D eigenvalue weighted by atomic mass is 10.2. The van der Waals surface area contributed by atoms with Gasteiger partial charge in [-0.2, -0.15) is 4.98 Å². The highest BCUT2D eigenvalue weighted by Crippen LogP contribution is 2.38. The second-order valence-electron chi connectivity index (χ2n) is 6.92. The Morgan fingerprint density at radius 1 is 1.12 bits per heavy atom. The van der Waals surface area contributed by atoms with Gasteiger partial charge in [-0.15, -0.1) is 0 Å². The molecule has 1 fully saturated rings. The zero-order valence-corrected chi connectivity index (χ0v) is 15.4. The Labute approximate surface area is 153 Å². The number of anilines is 2. The largest absolute Gasteiger partial charge is 0.460 e. The second-order valence-corrected chi connectivity index (χ2v) is 6.92. The Balaban J connectivity index is 1.56. The van der Waals surface area contributed by atoms with Crippen LogP contribution in [0.5, 0.6) is 0 Å². The third-order valence-corrected chi connectivity index (χ3v) is 4.96. The molecule has 26 heavy (non-hydrogen) atoms. The average molecular weight is 355 g/mol. The Kier molecular flexibility index (Phi) is 4.60. The van der Waals surface area contributed by atoms with Crippen LogP contribution in [0.3, 0.4) is 0 Å². The minimum atomic E-state index is 0.245. The van der Waals surface area contributed by atoms with E-state index in [1.165, 1.54) is 0 Å². The van der Waals surface area contributed by atoms with E-state index < -0.39 is 0 Å². The van der Waals surface area contributed by atoms with Crippen molar-refractivity contribution in [1.82, 2.24) is 19.8 Å². The lowest BCUT2D eigenvalue weighted by Crippen LogP contribution is -2.47. The first-order chi connectivity index (χ1) is 12.6. The van der Waals surface area contributed by atoms with E-state index >= 15 is 0 Å². The van der Waals surface area contributed by atoms with Gasteiger partial charge in [0.15, 0.2) is 11.6 Å². The van der Waals surface area contributed by atoms with Crippen LogP contribution in [0.1, 0.15) is 5.76 Å². The highest BCUT2D eigenvalue weighted by Gasteiger charge is 2.24. The molecule has 2 aromatic rings. The number of piperazine rings is 1. The van der Waals surface area contributed by atoms with Crippen LogP contribution in [-0.2, 0) is 0 Å². The summed E-state index contributed by atoms with van der Waals surface area (Å²) in [6, 6.07) is 3.81. The van der Waals surface area contributed by atoms with Crippen molar-refractivity contribution in [3.8, 4) is 11.5 Å². The lowest BCUT2D eigenvalue weighted by Gasteiger charge is -2.34. The molecule has 8 nitrogen and oxygen atoms in total. The van der Waals surface area contributed by atoms with E-state index in [0.29, 0.717) is 11.5 Å². The molecule has 0 radical (unpaired) electrons. The summed E-state index contributed by atoms with van der Waals surface area (Å²) in [5.41, 5.74) is 7.37. The van der Waals surface area contributed by atoms with E-state index in [9.17, 15) is 0 Å². The Morgan fingerprint density at radius 3 is 2.65 bits per heavy atom. The zero-order chi connectivity index (χ0) is 18.1. The van der Waals surface area contributed by atoms with E-state index in [0.717, 1.165) is 63.1 Å². The van der Waals surface area contributed by atoms with Crippen LogP contribution in [0.4, 0.5) is 17.5 Å². The summed E-state index contributed by atoms with van der Waals surface area (Å²) in [5.74, 6) is 2.54. The first-order valence-electron chi connectivity index (χ1n) is 9.03. The number of likely N-dealkylation sites (N-methyl/N-ethyl adjacent to an activating group) is 1. The average Bonchev–Trinajstić information content (AvgIpc) is 3.07. The smallest absolute Gasteiger partial charge is 0.222 e. The van der Waals surface area contributed by atoms with Gasteiger partial charge in [-0.3, -0.25) is 9.89 Å². The Morgan fingerprint density at radius 2 is 1.92 bits per heavy atom. The third kappa shape index (κ3) is 3.42. The SMILES string of the molecule is Cc1ccc(-c2nc(N)nc3c2N=CCN3CCN2CCN(C)CC2)o1. The maximum Gasteiger partial charge on any atom is 0.222 e. The summed E-state index contributed by atoms with van der Waals surface area (Å²) in [6.07, 6.45) is 1.91. The van der Waals surface area contributed by atoms with Gasteiger partial charge in [0.2, 0.25) is 5.95 Å². The molecule has 0 amide bonds. The van der Waals surface area contributed by atoms with Gasteiger partial charge in [0, 0.05) is 45.5 Å². The maximum absolute atomic E-state index is 5.98. The summed E-state index contributed by atoms with van der Waals surface area (Å²) in [7, 11) is 2.17. The molecule has 8 heteroatoms. The van der Waals surface area contributed by atoms with Crippen LogP contribution in [0, 0.1) is 6.92 Å². The molecule has 2 aliphatic heterocycles. The number of aromatic nitrogens is 2. The van der Waals surface area contributed by atoms with Crippen LogP contribution >= 0.6 is 0 Å². The van der Waals surface area contributed by atoms with Gasteiger partial charge in [-0.1, -0.05) is 0 Å². The number of fused-ring (bicyclic) bond motifs is 1. The summed E-state index contributed by atoms with van der Waals surface area (Å²) < 4.78 is 5.74. The number of aliphatic imine (C=N–C) groups is 1. The molecule has 138 valence electrons. The minimum absolute atomic E-state index is 0.245. The van der Waals surface area contributed by atoms with E-state index in [4.69, 9.17) is 10.2 Å². The maximum atomic E-state index is 5.98. The van der Waals surface area contributed by atoms with Gasteiger partial charge in [0.1, 0.15) is 17.1 Å². The van der Waals surface area contributed by atoms with Gasteiger partial charge in [0.25, 0.3) is 0 Å². The Hall–Kier alpha value is -2.45. The molecule has 0 unspecified atom stereocenters. The summed E-state index contributed by atoms with van der Waals surface area (Å²) in [5, 5.41) is 0. The minimum Gasteiger partial charge on any atom is -0.460 e. The fraction of sp³-hybridized carbons (Fsp3) is 0.500. The molecule has 0 saturated carbocycles. The van der Waals surface area contributed by atoms with Crippen LogP contribution in [0.15, 0.2) is 21.5 Å². The second kappa shape index (κ2) is 7.05. The number of nitrogens with two attached hydrogens (primary N) is 1. The van der Waals surface area contributed by atoms with Crippen molar-refractivity contribution in [3.05, 3.63) is 17.9 Å². The normalized spacial score (nSPS) is 18.3. The van der Waals surface area contributed by atoms with Crippen LogP contribution in [-0.4, -0.2) is 78.8 Å². The molecule has 4 heterocycles. The lowest BCUT2D eigenvalue weighted by molar-refractivity contribution is 0.157. The number of furan rings is 1. The van der Waals surface area contributed by atoms with Crippen molar-refractivity contribution in [3.63, 3.8) is 0 Å². The first-order valence-corrected chi connectivity index (χ1v) is 9.03. The van der Waals surface area contributed by atoms with Crippen LogP contribution in [0.2, 0.25) is 0 Å². The third-order valence-electron chi connectivity index (χ3n) is 4.96. The number of nitrogens with zero attached hydrogens (tertiary/aromatic N) is 6. The quantitative estimate of drug-likeness (QED) is 0.887.